The highest BCUT2D eigenvalue weighted by atomic mass is 16.7. The summed E-state index contributed by atoms with van der Waals surface area (Å²) in [5.41, 5.74) is -11.3. The van der Waals surface area contributed by atoms with Crippen LogP contribution in [0.2, 0.25) is 0 Å². The van der Waals surface area contributed by atoms with Crippen molar-refractivity contribution in [2.75, 3.05) is 13.2 Å². The van der Waals surface area contributed by atoms with Crippen LogP contribution in [-0.2, 0) is 78.4 Å². The predicted octanol–water partition coefficient (Wildman–Crippen LogP) is 2.93. The van der Waals surface area contributed by atoms with Gasteiger partial charge in [0.25, 0.3) is 0 Å². The average Bonchev–Trinajstić information content (AvgIpc) is 3.50. The van der Waals surface area contributed by atoms with Crippen molar-refractivity contribution in [3.63, 3.8) is 0 Å². The minimum absolute atomic E-state index is 0.0707. The van der Waals surface area contributed by atoms with Gasteiger partial charge in [-0.15, -0.1) is 0 Å². The standard InChI is InChI=1S/C49H62N2O19/c1-22(2)40(55)63-21-48-38(69-42(57)24(5)6)34(66-41(56)23(3)4)33-36(64-27(9)52)49(48)47(12,61)37(35(39(48)65-28(10)53)67-44(59)29-14-15-32(54)51(13)19-29)68-43(58)26(8)25(7)30-16-17-50-18-31(30)45(60)62-20-46(33,11)70-49/h14-19,22-26,33-39,61H,20-21H2,1-13H3/t25?,26?,33-,34-,35+,36-,37+,38-,39+,46+,47+,48-,49+/m1/s1. The third kappa shape index (κ3) is 8.94. The first-order valence-corrected chi connectivity index (χ1v) is 23.1. The molecule has 4 heterocycles. The Kier molecular flexibility index (Phi) is 14.8. The van der Waals surface area contributed by atoms with Gasteiger partial charge in [-0.3, -0.25) is 38.5 Å². The highest BCUT2D eigenvalue weighted by molar-refractivity contribution is 5.91. The summed E-state index contributed by atoms with van der Waals surface area (Å²) < 4.78 is 58.4. The number of hydrogen-bond acceptors (Lipinski definition) is 20. The summed E-state index contributed by atoms with van der Waals surface area (Å²) in [5.74, 6) is -14.7. The molecule has 3 fully saturated rings. The number of hydrogen-bond donors (Lipinski definition) is 1. The fourth-order valence-corrected chi connectivity index (χ4v) is 10.3. The molecule has 1 saturated heterocycles. The van der Waals surface area contributed by atoms with Crippen molar-refractivity contribution in [1.29, 1.82) is 0 Å². The van der Waals surface area contributed by atoms with Gasteiger partial charge in [-0.2, -0.15) is 0 Å². The maximum Gasteiger partial charge on any atom is 0.340 e. The van der Waals surface area contributed by atoms with Gasteiger partial charge in [-0.05, 0) is 37.5 Å². The molecule has 13 atom stereocenters. The topological polar surface area (TPSA) is 275 Å². The van der Waals surface area contributed by atoms with E-state index in [1.165, 1.54) is 80.9 Å². The second kappa shape index (κ2) is 19.5. The quantitative estimate of drug-likeness (QED) is 0.250. The first kappa shape index (κ1) is 53.1. The van der Waals surface area contributed by atoms with E-state index in [-0.39, 0.29) is 16.7 Å². The number of nitrogens with zero attached hydrogens (tertiary/aromatic N) is 2. The van der Waals surface area contributed by atoms with Crippen LogP contribution < -0.4 is 5.56 Å². The van der Waals surface area contributed by atoms with Gasteiger partial charge in [0.05, 0.1) is 40.7 Å². The molecule has 2 aliphatic carbocycles. The number of esters is 8. The van der Waals surface area contributed by atoms with E-state index in [2.05, 4.69) is 4.98 Å². The van der Waals surface area contributed by atoms with Gasteiger partial charge in [0.1, 0.15) is 42.0 Å². The first-order chi connectivity index (χ1) is 32.6. The van der Waals surface area contributed by atoms with Crippen LogP contribution in [0.3, 0.4) is 0 Å². The highest BCUT2D eigenvalue weighted by Gasteiger charge is 2.92. The number of carbonyl (C=O) groups excluding carboxylic acids is 8. The Morgan fingerprint density at radius 3 is 1.96 bits per heavy atom. The van der Waals surface area contributed by atoms with E-state index in [0.717, 1.165) is 43.7 Å². The molecule has 1 N–H and O–H groups in total. The van der Waals surface area contributed by atoms with Gasteiger partial charge in [-0.25, -0.2) is 9.59 Å². The summed E-state index contributed by atoms with van der Waals surface area (Å²) in [6, 6.07) is 3.70. The number of pyridine rings is 2. The van der Waals surface area contributed by atoms with Crippen molar-refractivity contribution in [2.45, 2.75) is 142 Å². The third-order valence-corrected chi connectivity index (χ3v) is 14.0. The fraction of sp³-hybridized carbons (Fsp3) is 0.633. The number of fused-ring (bicyclic) bond motifs is 5. The Bertz CT molecular complexity index is 2500. The Balaban J connectivity index is 1.84. The summed E-state index contributed by atoms with van der Waals surface area (Å²) in [6.45, 7) is 14.5. The van der Waals surface area contributed by atoms with Gasteiger partial charge in [0.15, 0.2) is 30.0 Å². The van der Waals surface area contributed by atoms with Crippen LogP contribution in [0, 0.1) is 35.0 Å². The van der Waals surface area contributed by atoms with Crippen molar-refractivity contribution < 1.29 is 86.1 Å². The Hall–Kier alpha value is -6.22. The molecule has 2 saturated carbocycles. The number of carbonyl (C=O) groups is 8. The zero-order valence-corrected chi connectivity index (χ0v) is 41.5. The molecular formula is C49H62N2O19. The van der Waals surface area contributed by atoms with Gasteiger partial charge in [-0.1, -0.05) is 55.4 Å². The van der Waals surface area contributed by atoms with Crippen molar-refractivity contribution >= 4 is 47.8 Å². The zero-order valence-electron chi connectivity index (χ0n) is 41.5. The highest BCUT2D eigenvalue weighted by Crippen LogP contribution is 2.70. The number of aryl methyl sites for hydroxylation is 1. The van der Waals surface area contributed by atoms with Crippen LogP contribution in [0.1, 0.15) is 115 Å². The molecular weight excluding hydrogens is 921 g/mol. The van der Waals surface area contributed by atoms with Crippen LogP contribution in [0.15, 0.2) is 41.6 Å². The lowest BCUT2D eigenvalue weighted by Crippen LogP contribution is -2.89. The summed E-state index contributed by atoms with van der Waals surface area (Å²) in [5, 5.41) is 14.0. The summed E-state index contributed by atoms with van der Waals surface area (Å²) >= 11 is 0. The number of ether oxygens (including phenoxy) is 9. The van der Waals surface area contributed by atoms with Crippen molar-refractivity contribution in [1.82, 2.24) is 9.55 Å². The van der Waals surface area contributed by atoms with Crippen molar-refractivity contribution in [3.8, 4) is 0 Å². The number of aliphatic hydroxyl groups is 1. The van der Waals surface area contributed by atoms with Crippen LogP contribution in [-0.4, -0.2) is 129 Å². The number of cyclic esters (lactones) is 1. The SMILES string of the molecule is CC(=O)O[C@@H]1[C@H]2[C@@H](OC(=O)C(C)C)[C@@H](OC(=O)C(C)C)[C@]3(COC(=O)C(C)C)[C@@H](OC(C)=O)[C@@H](OC(=O)c4ccc(=O)n(C)c4)[C@@H]4OC(=O)C(C)C(C)c5ccncc5C(=O)OC[C@]2(C)O[C@]13[C@@]4(C)O. The molecule has 0 radical (unpaired) electrons. The molecule has 2 unspecified atom stereocenters. The third-order valence-electron chi connectivity index (χ3n) is 14.0. The van der Waals surface area contributed by atoms with Gasteiger partial charge in [0, 0.05) is 45.6 Å². The Morgan fingerprint density at radius 2 is 1.37 bits per heavy atom. The van der Waals surface area contributed by atoms with Gasteiger partial charge < -0.3 is 52.3 Å². The van der Waals surface area contributed by atoms with E-state index < -0.39 is 161 Å². The molecule has 2 aromatic rings. The molecule has 0 aromatic carbocycles. The van der Waals surface area contributed by atoms with Crippen molar-refractivity contribution in [3.05, 3.63) is 63.8 Å². The largest absolute Gasteiger partial charge is 0.464 e. The molecule has 1 spiro atoms. The fourth-order valence-electron chi connectivity index (χ4n) is 10.3. The summed E-state index contributed by atoms with van der Waals surface area (Å²) in [4.78, 5) is 130. The Labute approximate surface area is 404 Å². The van der Waals surface area contributed by atoms with Crippen LogP contribution in [0.4, 0.5) is 0 Å². The summed E-state index contributed by atoms with van der Waals surface area (Å²) in [7, 11) is 1.36. The van der Waals surface area contributed by atoms with E-state index >= 15 is 0 Å². The number of rotatable bonds is 11. The maximum atomic E-state index is 14.9. The zero-order chi connectivity index (χ0) is 52.2. The second-order valence-corrected chi connectivity index (χ2v) is 20.0. The average molecular weight is 983 g/mol. The van der Waals surface area contributed by atoms with Gasteiger partial charge >= 0.3 is 47.8 Å². The monoisotopic (exact) mass is 982 g/mol. The normalized spacial score (nSPS) is 33.5. The van der Waals surface area contributed by atoms with E-state index in [1.54, 1.807) is 6.92 Å². The van der Waals surface area contributed by atoms with Crippen LogP contribution in [0.5, 0.6) is 0 Å². The minimum Gasteiger partial charge on any atom is -0.464 e. The number of aromatic nitrogens is 2. The van der Waals surface area contributed by atoms with E-state index in [9.17, 15) is 48.3 Å². The molecule has 382 valence electrons. The van der Waals surface area contributed by atoms with E-state index in [4.69, 9.17) is 42.6 Å². The molecule has 6 rings (SSSR count). The maximum absolute atomic E-state index is 14.9. The predicted molar refractivity (Wildman–Crippen MR) is 238 cm³/mol. The van der Waals surface area contributed by atoms with Crippen molar-refractivity contribution in [2.24, 2.45) is 42.1 Å². The first-order valence-electron chi connectivity index (χ1n) is 23.1. The van der Waals surface area contributed by atoms with Gasteiger partial charge in [0.2, 0.25) is 5.56 Å². The molecule has 2 aromatic heterocycles. The molecule has 2 aliphatic heterocycles. The van der Waals surface area contributed by atoms with E-state index in [1.807, 2.05) is 0 Å². The smallest absolute Gasteiger partial charge is 0.340 e. The minimum atomic E-state index is -2.96. The lowest BCUT2D eigenvalue weighted by Gasteiger charge is -2.67. The Morgan fingerprint density at radius 1 is 0.786 bits per heavy atom. The molecule has 70 heavy (non-hydrogen) atoms. The molecule has 0 amide bonds. The molecule has 4 bridgehead atoms. The van der Waals surface area contributed by atoms with Crippen LogP contribution >= 0.6 is 0 Å². The second-order valence-electron chi connectivity index (χ2n) is 20.0. The lowest BCUT2D eigenvalue weighted by molar-refractivity contribution is -0.386. The molecule has 21 nitrogen and oxygen atoms in total. The lowest BCUT2D eigenvalue weighted by atomic mass is 9.45. The van der Waals surface area contributed by atoms with Crippen LogP contribution in [0.25, 0.3) is 0 Å². The van der Waals surface area contributed by atoms with E-state index in [0.29, 0.717) is 0 Å². The summed E-state index contributed by atoms with van der Waals surface area (Å²) in [6.07, 6.45) is -8.98. The molecule has 4 aliphatic rings. The molecule has 21 heteroatoms.